The zero-order valence-corrected chi connectivity index (χ0v) is 12.2. The quantitative estimate of drug-likeness (QED) is 0.235. The predicted octanol–water partition coefficient (Wildman–Crippen LogP) is -1.98. The van der Waals surface area contributed by atoms with Crippen molar-refractivity contribution in [3.05, 3.63) is 0 Å². The molecular formula is C6H13NaO3S3. The maximum Gasteiger partial charge on any atom is 1.00 e. The molecular weight excluding hydrogens is 239 g/mol. The summed E-state index contributed by atoms with van der Waals surface area (Å²) >= 11 is -1.88. The molecule has 0 aromatic heterocycles. The summed E-state index contributed by atoms with van der Waals surface area (Å²) in [4.78, 5) is 0. The first-order valence-corrected chi connectivity index (χ1v) is 7.41. The topological polar surface area (TPSA) is 60.4 Å². The summed E-state index contributed by atoms with van der Waals surface area (Å²) in [5.41, 5.74) is 0. The van der Waals surface area contributed by atoms with Crippen molar-refractivity contribution in [3.8, 4) is 0 Å². The van der Waals surface area contributed by atoms with Crippen molar-refractivity contribution in [2.24, 2.45) is 0 Å². The Morgan fingerprint density at radius 2 is 1.85 bits per heavy atom. The molecule has 0 spiro atoms. The fourth-order valence-electron chi connectivity index (χ4n) is 0.536. The van der Waals surface area contributed by atoms with Gasteiger partial charge in [-0.25, -0.2) is 0 Å². The van der Waals surface area contributed by atoms with Crippen LogP contribution in [0.15, 0.2) is 0 Å². The number of hydrogen-bond donors (Lipinski definition) is 1. The zero-order chi connectivity index (χ0) is 9.23. The minimum Gasteiger partial charge on any atom is -0.772 e. The standard InChI is InChI=1S/C6H14O3S3.Na/c7-3-5-11-10-4-1-2-6-12(8)9;/h7H,1-6H2,(H,8,9);/q;+1/p-1. The number of unbranched alkanes of at least 4 members (excludes halogenated alkanes) is 1. The molecule has 3 nitrogen and oxygen atoms in total. The van der Waals surface area contributed by atoms with Gasteiger partial charge in [0.1, 0.15) is 0 Å². The van der Waals surface area contributed by atoms with Gasteiger partial charge >= 0.3 is 29.6 Å². The van der Waals surface area contributed by atoms with Crippen LogP contribution in [-0.2, 0) is 11.1 Å². The minimum atomic E-state index is -1.88. The van der Waals surface area contributed by atoms with Crippen LogP contribution in [0, 0.1) is 0 Å². The average molecular weight is 252 g/mol. The Labute approximate surface area is 112 Å². The van der Waals surface area contributed by atoms with E-state index in [1.54, 1.807) is 21.6 Å². The van der Waals surface area contributed by atoms with Crippen molar-refractivity contribution in [2.45, 2.75) is 12.8 Å². The van der Waals surface area contributed by atoms with E-state index >= 15 is 0 Å². The van der Waals surface area contributed by atoms with Crippen molar-refractivity contribution < 1.29 is 43.4 Å². The summed E-state index contributed by atoms with van der Waals surface area (Å²) < 4.78 is 20.2. The number of aliphatic hydroxyl groups excluding tert-OH is 1. The Kier molecular flexibility index (Phi) is 18.2. The Morgan fingerprint density at radius 3 is 2.38 bits per heavy atom. The first kappa shape index (κ1) is 17.2. The second kappa shape index (κ2) is 13.8. The normalized spacial score (nSPS) is 12.2. The van der Waals surface area contributed by atoms with Crippen LogP contribution in [0.1, 0.15) is 12.8 Å². The van der Waals surface area contributed by atoms with Crippen LogP contribution in [0.3, 0.4) is 0 Å². The molecule has 0 aromatic rings. The molecule has 0 rings (SSSR count). The Bertz CT molecular complexity index is 126. The fourth-order valence-corrected chi connectivity index (χ4v) is 2.89. The SMILES string of the molecule is O=S([O-])CCCCSSCCO.[Na+]. The Hall–Kier alpha value is 1.77. The maximum absolute atomic E-state index is 10.1. The van der Waals surface area contributed by atoms with Crippen LogP contribution >= 0.6 is 21.6 Å². The van der Waals surface area contributed by atoms with Gasteiger partial charge in [-0.15, -0.1) is 0 Å². The molecule has 0 aliphatic rings. The second-order valence-electron chi connectivity index (χ2n) is 2.08. The van der Waals surface area contributed by atoms with E-state index in [1.807, 2.05) is 0 Å². The number of hydrogen-bond acceptors (Lipinski definition) is 5. The van der Waals surface area contributed by atoms with Gasteiger partial charge in [-0.05, 0) is 12.8 Å². The summed E-state index contributed by atoms with van der Waals surface area (Å²) in [5, 5.41) is 8.43. The molecule has 0 fully saturated rings. The molecule has 1 atom stereocenters. The van der Waals surface area contributed by atoms with Crippen LogP contribution in [0.25, 0.3) is 0 Å². The third-order valence-corrected chi connectivity index (χ3v) is 4.14. The molecule has 13 heavy (non-hydrogen) atoms. The molecule has 0 radical (unpaired) electrons. The van der Waals surface area contributed by atoms with Crippen LogP contribution < -0.4 is 29.6 Å². The molecule has 74 valence electrons. The van der Waals surface area contributed by atoms with E-state index in [0.717, 1.165) is 24.3 Å². The van der Waals surface area contributed by atoms with Gasteiger partial charge in [0.05, 0.1) is 6.61 Å². The summed E-state index contributed by atoms with van der Waals surface area (Å²) in [6, 6.07) is 0. The van der Waals surface area contributed by atoms with E-state index in [9.17, 15) is 8.76 Å². The molecule has 7 heteroatoms. The monoisotopic (exact) mass is 252 g/mol. The van der Waals surface area contributed by atoms with Crippen LogP contribution in [0.4, 0.5) is 0 Å². The smallest absolute Gasteiger partial charge is 0.772 e. The predicted molar refractivity (Wildman–Crippen MR) is 55.0 cm³/mol. The van der Waals surface area contributed by atoms with E-state index < -0.39 is 11.1 Å². The van der Waals surface area contributed by atoms with Gasteiger partial charge in [-0.2, -0.15) is 0 Å². The van der Waals surface area contributed by atoms with E-state index in [2.05, 4.69) is 0 Å². The van der Waals surface area contributed by atoms with Crippen LogP contribution in [0.2, 0.25) is 0 Å². The molecule has 0 aliphatic heterocycles. The zero-order valence-electron chi connectivity index (χ0n) is 7.73. The molecule has 0 heterocycles. The number of aliphatic hydroxyl groups is 1. The molecule has 0 bridgehead atoms. The van der Waals surface area contributed by atoms with E-state index in [-0.39, 0.29) is 41.9 Å². The molecule has 1 N–H and O–H groups in total. The first-order chi connectivity index (χ1) is 5.77. The third kappa shape index (κ3) is 16.4. The summed E-state index contributed by atoms with van der Waals surface area (Å²) in [6.07, 6.45) is 1.67. The summed E-state index contributed by atoms with van der Waals surface area (Å²) in [5.74, 6) is 1.98. The van der Waals surface area contributed by atoms with E-state index in [1.165, 1.54) is 0 Å². The third-order valence-electron chi connectivity index (χ3n) is 1.05. The molecule has 0 amide bonds. The van der Waals surface area contributed by atoms with Crippen molar-refractivity contribution in [1.82, 2.24) is 0 Å². The Balaban J connectivity index is 0. The maximum atomic E-state index is 10.1. The minimum absolute atomic E-state index is 0. The van der Waals surface area contributed by atoms with E-state index in [4.69, 9.17) is 5.11 Å². The van der Waals surface area contributed by atoms with Crippen LogP contribution in [0.5, 0.6) is 0 Å². The van der Waals surface area contributed by atoms with Crippen molar-refractivity contribution in [1.29, 1.82) is 0 Å². The van der Waals surface area contributed by atoms with Gasteiger partial charge in [0.25, 0.3) is 0 Å². The summed E-state index contributed by atoms with van der Waals surface area (Å²) in [6.45, 7) is 0.211. The van der Waals surface area contributed by atoms with Gasteiger partial charge in [0.15, 0.2) is 0 Å². The van der Waals surface area contributed by atoms with Gasteiger partial charge in [0, 0.05) is 17.3 Å². The van der Waals surface area contributed by atoms with Crippen LogP contribution in [-0.4, -0.2) is 37.7 Å². The second-order valence-corrected chi connectivity index (χ2v) is 5.80. The average Bonchev–Trinajstić information content (AvgIpc) is 2.02. The molecule has 0 saturated heterocycles. The van der Waals surface area contributed by atoms with Gasteiger partial charge in [-0.1, -0.05) is 32.7 Å². The van der Waals surface area contributed by atoms with Gasteiger partial charge in [-0.3, -0.25) is 4.21 Å². The van der Waals surface area contributed by atoms with Gasteiger partial charge in [0.2, 0.25) is 0 Å². The largest absolute Gasteiger partial charge is 1.00 e. The first-order valence-electron chi connectivity index (χ1n) is 3.68. The number of rotatable bonds is 8. The van der Waals surface area contributed by atoms with Gasteiger partial charge < -0.3 is 9.66 Å². The van der Waals surface area contributed by atoms with E-state index in [0.29, 0.717) is 0 Å². The van der Waals surface area contributed by atoms with Crippen molar-refractivity contribution >= 4 is 32.7 Å². The van der Waals surface area contributed by atoms with Crippen molar-refractivity contribution in [2.75, 3.05) is 23.9 Å². The van der Waals surface area contributed by atoms with Crippen molar-refractivity contribution in [3.63, 3.8) is 0 Å². The molecule has 0 saturated carbocycles. The Morgan fingerprint density at radius 1 is 1.23 bits per heavy atom. The molecule has 1 unspecified atom stereocenters. The molecule has 0 aromatic carbocycles. The summed E-state index contributed by atoms with van der Waals surface area (Å²) in [7, 11) is 3.31. The fraction of sp³-hybridized carbons (Fsp3) is 1.00. The molecule has 0 aliphatic carbocycles.